The Labute approximate surface area is 135 Å². The molecule has 0 atom stereocenters. The molecule has 1 aromatic heterocycles. The fourth-order valence-electron chi connectivity index (χ4n) is 1.65. The van der Waals surface area contributed by atoms with Crippen molar-refractivity contribution in [1.29, 1.82) is 0 Å². The van der Waals surface area contributed by atoms with E-state index in [1.807, 2.05) is 0 Å². The normalized spacial score (nSPS) is 10.7. The van der Waals surface area contributed by atoms with Gasteiger partial charge in [-0.1, -0.05) is 23.2 Å². The summed E-state index contributed by atoms with van der Waals surface area (Å²) in [6, 6.07) is 5.30. The number of aromatic nitrogens is 1. The smallest absolute Gasteiger partial charge is 0.335 e. The Kier molecular flexibility index (Phi) is 5.08. The van der Waals surface area contributed by atoms with Crippen LogP contribution in [0.3, 0.4) is 0 Å². The van der Waals surface area contributed by atoms with Crippen LogP contribution >= 0.6 is 35.0 Å². The van der Waals surface area contributed by atoms with E-state index in [0.29, 0.717) is 22.0 Å². The van der Waals surface area contributed by atoms with Gasteiger partial charge in [-0.25, -0.2) is 14.2 Å². The predicted octanol–water partition coefficient (Wildman–Crippen LogP) is 4.83. The van der Waals surface area contributed by atoms with Crippen LogP contribution in [0, 0.1) is 12.7 Å². The zero-order valence-corrected chi connectivity index (χ0v) is 13.2. The van der Waals surface area contributed by atoms with E-state index in [1.54, 1.807) is 13.0 Å². The average Bonchev–Trinajstić information content (AvgIpc) is 2.39. The molecule has 1 aromatic carbocycles. The highest BCUT2D eigenvalue weighted by Crippen LogP contribution is 2.32. The van der Waals surface area contributed by atoms with Crippen molar-refractivity contribution in [1.82, 2.24) is 4.98 Å². The summed E-state index contributed by atoms with van der Waals surface area (Å²) in [4.78, 5) is 15.2. The topological polar surface area (TPSA) is 50.2 Å². The fraction of sp³-hybridized carbons (Fsp3) is 0.143. The van der Waals surface area contributed by atoms with E-state index in [-0.39, 0.29) is 15.6 Å². The van der Waals surface area contributed by atoms with Crippen LogP contribution in [0.2, 0.25) is 10.2 Å². The van der Waals surface area contributed by atoms with Crippen molar-refractivity contribution in [3.05, 3.63) is 57.1 Å². The Balaban J connectivity index is 2.24. The van der Waals surface area contributed by atoms with Gasteiger partial charge in [-0.3, -0.25) is 0 Å². The molecule has 7 heteroatoms. The number of carboxylic acids is 1. The highest BCUT2D eigenvalue weighted by molar-refractivity contribution is 7.98. The van der Waals surface area contributed by atoms with Crippen molar-refractivity contribution in [3.63, 3.8) is 0 Å². The van der Waals surface area contributed by atoms with Gasteiger partial charge in [0.05, 0.1) is 5.56 Å². The number of thioether (sulfide) groups is 1. The molecule has 21 heavy (non-hydrogen) atoms. The molecule has 1 heterocycles. The van der Waals surface area contributed by atoms with Gasteiger partial charge in [0.25, 0.3) is 0 Å². The van der Waals surface area contributed by atoms with Crippen molar-refractivity contribution in [2.75, 3.05) is 0 Å². The summed E-state index contributed by atoms with van der Waals surface area (Å²) in [5, 5.41) is 9.64. The number of halogens is 3. The molecule has 0 bridgehead atoms. The van der Waals surface area contributed by atoms with Crippen LogP contribution in [0.25, 0.3) is 0 Å². The summed E-state index contributed by atoms with van der Waals surface area (Å²) in [5.41, 5.74) is 1.31. The van der Waals surface area contributed by atoms with E-state index in [9.17, 15) is 9.18 Å². The summed E-state index contributed by atoms with van der Waals surface area (Å²) in [7, 11) is 0. The van der Waals surface area contributed by atoms with E-state index in [4.69, 9.17) is 28.3 Å². The molecule has 0 aliphatic rings. The molecule has 2 rings (SSSR count). The first-order valence-electron chi connectivity index (χ1n) is 5.85. The van der Waals surface area contributed by atoms with Gasteiger partial charge in [0.2, 0.25) is 0 Å². The SMILES string of the molecule is Cc1cc(Cl)c(CSc2cc(C(=O)O)ccc2F)c(Cl)n1. The number of carboxylic acid groups (broad SMARTS) is 1. The maximum Gasteiger partial charge on any atom is 0.335 e. The number of hydrogen-bond acceptors (Lipinski definition) is 3. The second-order valence-electron chi connectivity index (χ2n) is 4.25. The van der Waals surface area contributed by atoms with Gasteiger partial charge in [0.1, 0.15) is 11.0 Å². The fourth-order valence-corrected chi connectivity index (χ4v) is 3.48. The molecule has 0 fully saturated rings. The van der Waals surface area contributed by atoms with Gasteiger partial charge in [0, 0.05) is 26.9 Å². The van der Waals surface area contributed by atoms with Crippen LogP contribution in [0.1, 0.15) is 21.6 Å². The third-order valence-corrected chi connectivity index (χ3v) is 4.40. The van der Waals surface area contributed by atoms with Crippen molar-refractivity contribution in [2.45, 2.75) is 17.6 Å². The van der Waals surface area contributed by atoms with Gasteiger partial charge in [-0.2, -0.15) is 0 Å². The minimum absolute atomic E-state index is 0.0260. The highest BCUT2D eigenvalue weighted by atomic mass is 35.5. The van der Waals surface area contributed by atoms with Crippen molar-refractivity contribution in [3.8, 4) is 0 Å². The lowest BCUT2D eigenvalue weighted by Crippen LogP contribution is -1.97. The Bertz CT molecular complexity index is 686. The Morgan fingerprint density at radius 3 is 2.71 bits per heavy atom. The number of rotatable bonds is 4. The van der Waals surface area contributed by atoms with Gasteiger partial charge in [0.15, 0.2) is 0 Å². The monoisotopic (exact) mass is 345 g/mol. The summed E-state index contributed by atoms with van der Waals surface area (Å²) in [5.74, 6) is -1.30. The second-order valence-corrected chi connectivity index (χ2v) is 6.04. The Hall–Kier alpha value is -1.30. The molecule has 0 unspecified atom stereocenters. The molecule has 0 saturated carbocycles. The lowest BCUT2D eigenvalue weighted by Gasteiger charge is -2.08. The standard InChI is InChI=1S/C14H10Cl2FNO2S/c1-7-4-10(15)9(13(16)18-7)6-21-12-5-8(14(19)20)2-3-11(12)17/h2-5H,6H2,1H3,(H,19,20). The molecule has 0 radical (unpaired) electrons. The molecule has 2 aromatic rings. The number of hydrogen-bond donors (Lipinski definition) is 1. The Morgan fingerprint density at radius 2 is 2.10 bits per heavy atom. The van der Waals surface area contributed by atoms with Gasteiger partial charge >= 0.3 is 5.97 Å². The predicted molar refractivity (Wildman–Crippen MR) is 81.9 cm³/mol. The van der Waals surface area contributed by atoms with Crippen molar-refractivity contribution in [2.24, 2.45) is 0 Å². The van der Waals surface area contributed by atoms with E-state index in [0.717, 1.165) is 17.8 Å². The summed E-state index contributed by atoms with van der Waals surface area (Å²) >= 11 is 13.2. The molecular weight excluding hydrogens is 336 g/mol. The first-order chi connectivity index (χ1) is 9.88. The average molecular weight is 346 g/mol. The lowest BCUT2D eigenvalue weighted by molar-refractivity contribution is 0.0696. The number of benzene rings is 1. The largest absolute Gasteiger partial charge is 0.478 e. The maximum absolute atomic E-state index is 13.7. The zero-order valence-electron chi connectivity index (χ0n) is 10.9. The molecule has 0 spiro atoms. The van der Waals surface area contributed by atoms with Crippen LogP contribution in [-0.4, -0.2) is 16.1 Å². The molecule has 0 aliphatic heterocycles. The maximum atomic E-state index is 13.7. The van der Waals surface area contributed by atoms with Crippen LogP contribution in [-0.2, 0) is 5.75 Å². The first kappa shape index (κ1) is 16.1. The molecule has 0 aliphatic carbocycles. The Morgan fingerprint density at radius 1 is 1.38 bits per heavy atom. The van der Waals surface area contributed by atoms with Crippen LogP contribution in [0.5, 0.6) is 0 Å². The third kappa shape index (κ3) is 3.87. The molecule has 0 amide bonds. The van der Waals surface area contributed by atoms with E-state index in [1.165, 1.54) is 12.1 Å². The van der Waals surface area contributed by atoms with Gasteiger partial charge < -0.3 is 5.11 Å². The number of aromatic carboxylic acids is 1. The number of carbonyl (C=O) groups is 1. The quantitative estimate of drug-likeness (QED) is 0.637. The number of nitrogens with zero attached hydrogens (tertiary/aromatic N) is 1. The number of aryl methyl sites for hydroxylation is 1. The third-order valence-electron chi connectivity index (χ3n) is 2.70. The first-order valence-corrected chi connectivity index (χ1v) is 7.60. The van der Waals surface area contributed by atoms with Gasteiger partial charge in [-0.05, 0) is 31.2 Å². The summed E-state index contributed by atoms with van der Waals surface area (Å²) in [6.07, 6.45) is 0. The molecular formula is C14H10Cl2FNO2S. The van der Waals surface area contributed by atoms with Crippen LogP contribution in [0.4, 0.5) is 4.39 Å². The number of pyridine rings is 1. The lowest BCUT2D eigenvalue weighted by atomic mass is 10.2. The van der Waals surface area contributed by atoms with Crippen LogP contribution in [0.15, 0.2) is 29.2 Å². The second kappa shape index (κ2) is 6.64. The molecule has 110 valence electrons. The molecule has 3 nitrogen and oxygen atoms in total. The van der Waals surface area contributed by atoms with E-state index >= 15 is 0 Å². The highest BCUT2D eigenvalue weighted by Gasteiger charge is 2.13. The minimum Gasteiger partial charge on any atom is -0.478 e. The zero-order chi connectivity index (χ0) is 15.6. The van der Waals surface area contributed by atoms with E-state index < -0.39 is 11.8 Å². The van der Waals surface area contributed by atoms with Crippen molar-refractivity contribution >= 4 is 40.9 Å². The molecule has 0 saturated heterocycles. The summed E-state index contributed by atoms with van der Waals surface area (Å²) < 4.78 is 13.7. The summed E-state index contributed by atoms with van der Waals surface area (Å²) in [6.45, 7) is 1.77. The van der Waals surface area contributed by atoms with Gasteiger partial charge in [-0.15, -0.1) is 11.8 Å². The van der Waals surface area contributed by atoms with E-state index in [2.05, 4.69) is 4.98 Å². The molecule has 1 N–H and O–H groups in total. The van der Waals surface area contributed by atoms with Crippen molar-refractivity contribution < 1.29 is 14.3 Å². The van der Waals surface area contributed by atoms with Crippen LogP contribution < -0.4 is 0 Å². The minimum atomic E-state index is -1.11.